The lowest BCUT2D eigenvalue weighted by Crippen LogP contribution is -2.37. The van der Waals surface area contributed by atoms with E-state index in [1.165, 1.54) is 0 Å². The van der Waals surface area contributed by atoms with E-state index in [-0.39, 0.29) is 5.75 Å². The molecule has 8 heteroatoms. The summed E-state index contributed by atoms with van der Waals surface area (Å²) in [6.07, 6.45) is -1.30. The van der Waals surface area contributed by atoms with Gasteiger partial charge in [-0.2, -0.15) is 24.9 Å². The van der Waals surface area contributed by atoms with Crippen LogP contribution in [0.2, 0.25) is 0 Å². The molecule has 4 nitrogen and oxygen atoms in total. The second kappa shape index (κ2) is 10.3. The number of halogens is 3. The van der Waals surface area contributed by atoms with Crippen LogP contribution in [0.3, 0.4) is 0 Å². The standard InChI is InChI=1S/C16H24F3N3OS/c1-12-5-6-13(14(9-12)23-11-16(17,18)19)10-22-15(20-2)21-7-4-8-24-3/h5-6,9H,4,7-8,10-11H2,1-3H3,(H2,20,21,22). The summed E-state index contributed by atoms with van der Waals surface area (Å²) in [4.78, 5) is 4.10. The van der Waals surface area contributed by atoms with Crippen LogP contribution in [-0.4, -0.2) is 44.3 Å². The summed E-state index contributed by atoms with van der Waals surface area (Å²) in [5.74, 6) is 1.90. The molecule has 24 heavy (non-hydrogen) atoms. The van der Waals surface area contributed by atoms with Crippen LogP contribution in [0.1, 0.15) is 17.5 Å². The van der Waals surface area contributed by atoms with E-state index in [0.717, 1.165) is 24.3 Å². The third-order valence-corrected chi connectivity index (χ3v) is 3.80. The van der Waals surface area contributed by atoms with Crippen LogP contribution in [0.4, 0.5) is 13.2 Å². The quantitative estimate of drug-likeness (QED) is 0.422. The van der Waals surface area contributed by atoms with Gasteiger partial charge in [-0.3, -0.25) is 4.99 Å². The first-order valence-corrected chi connectivity index (χ1v) is 8.97. The summed E-state index contributed by atoms with van der Waals surface area (Å²) in [6, 6.07) is 5.21. The summed E-state index contributed by atoms with van der Waals surface area (Å²) in [5.41, 5.74) is 1.49. The molecule has 0 spiro atoms. The Kier molecular flexibility index (Phi) is 8.81. The largest absolute Gasteiger partial charge is 0.484 e. The fourth-order valence-corrected chi connectivity index (χ4v) is 2.36. The van der Waals surface area contributed by atoms with Gasteiger partial charge in [-0.05, 0) is 37.0 Å². The Morgan fingerprint density at radius 1 is 1.29 bits per heavy atom. The SMILES string of the molecule is CN=C(NCCCSC)NCc1ccc(C)cc1OCC(F)(F)F. The van der Waals surface area contributed by atoms with Gasteiger partial charge in [0, 0.05) is 25.7 Å². The molecule has 0 aliphatic heterocycles. The molecule has 0 bridgehead atoms. The molecule has 1 aromatic carbocycles. The molecule has 0 unspecified atom stereocenters. The highest BCUT2D eigenvalue weighted by Crippen LogP contribution is 2.23. The van der Waals surface area contributed by atoms with Gasteiger partial charge in [-0.1, -0.05) is 12.1 Å². The fraction of sp³-hybridized carbons (Fsp3) is 0.562. The molecule has 0 saturated carbocycles. The van der Waals surface area contributed by atoms with Crippen molar-refractivity contribution >= 4 is 17.7 Å². The van der Waals surface area contributed by atoms with Crippen LogP contribution < -0.4 is 15.4 Å². The molecule has 136 valence electrons. The summed E-state index contributed by atoms with van der Waals surface area (Å²) in [6.45, 7) is 1.62. The Bertz CT molecular complexity index is 536. The van der Waals surface area contributed by atoms with Crippen LogP contribution in [0.5, 0.6) is 5.75 Å². The maximum atomic E-state index is 12.4. The summed E-state index contributed by atoms with van der Waals surface area (Å²) >= 11 is 1.77. The minimum atomic E-state index is -4.36. The van der Waals surface area contributed by atoms with Crippen molar-refractivity contribution < 1.29 is 17.9 Å². The number of ether oxygens (including phenoxy) is 1. The predicted molar refractivity (Wildman–Crippen MR) is 93.9 cm³/mol. The van der Waals surface area contributed by atoms with E-state index in [1.807, 2.05) is 19.2 Å². The number of aryl methyl sites for hydroxylation is 1. The van der Waals surface area contributed by atoms with Crippen molar-refractivity contribution in [2.24, 2.45) is 4.99 Å². The molecule has 0 aliphatic carbocycles. The number of nitrogens with one attached hydrogen (secondary N) is 2. The highest BCUT2D eigenvalue weighted by Gasteiger charge is 2.28. The molecule has 0 heterocycles. The molecule has 1 aromatic rings. The van der Waals surface area contributed by atoms with Gasteiger partial charge >= 0.3 is 6.18 Å². The Morgan fingerprint density at radius 3 is 2.67 bits per heavy atom. The number of guanidine groups is 1. The highest BCUT2D eigenvalue weighted by atomic mass is 32.2. The molecule has 0 amide bonds. The van der Waals surface area contributed by atoms with Crippen molar-refractivity contribution in [3.8, 4) is 5.75 Å². The monoisotopic (exact) mass is 363 g/mol. The van der Waals surface area contributed by atoms with E-state index in [9.17, 15) is 13.2 Å². The number of hydrogen-bond donors (Lipinski definition) is 2. The third kappa shape index (κ3) is 8.33. The molecular formula is C16H24F3N3OS. The number of hydrogen-bond acceptors (Lipinski definition) is 3. The van der Waals surface area contributed by atoms with Gasteiger partial charge in [0.15, 0.2) is 12.6 Å². The highest BCUT2D eigenvalue weighted by molar-refractivity contribution is 7.98. The second-order valence-corrected chi connectivity index (χ2v) is 6.20. The van der Waals surface area contributed by atoms with Gasteiger partial charge in [-0.15, -0.1) is 0 Å². The molecular weight excluding hydrogens is 339 g/mol. The number of rotatable bonds is 8. The van der Waals surface area contributed by atoms with E-state index in [1.54, 1.807) is 30.9 Å². The molecule has 2 N–H and O–H groups in total. The van der Waals surface area contributed by atoms with Crippen molar-refractivity contribution in [3.05, 3.63) is 29.3 Å². The van der Waals surface area contributed by atoms with Crippen LogP contribution >= 0.6 is 11.8 Å². The van der Waals surface area contributed by atoms with E-state index < -0.39 is 12.8 Å². The van der Waals surface area contributed by atoms with Crippen molar-refractivity contribution in [1.29, 1.82) is 0 Å². The van der Waals surface area contributed by atoms with Crippen LogP contribution in [0.25, 0.3) is 0 Å². The first-order chi connectivity index (χ1) is 11.4. The third-order valence-electron chi connectivity index (χ3n) is 3.10. The number of benzene rings is 1. The average Bonchev–Trinajstić information content (AvgIpc) is 2.53. The maximum Gasteiger partial charge on any atom is 0.422 e. The first-order valence-electron chi connectivity index (χ1n) is 7.58. The van der Waals surface area contributed by atoms with E-state index in [0.29, 0.717) is 18.1 Å². The summed E-state index contributed by atoms with van der Waals surface area (Å²) < 4.78 is 42.1. The minimum absolute atomic E-state index is 0.234. The van der Waals surface area contributed by atoms with E-state index in [4.69, 9.17) is 4.74 Å². The molecule has 0 fully saturated rings. The van der Waals surface area contributed by atoms with Crippen molar-refractivity contribution in [3.63, 3.8) is 0 Å². The maximum absolute atomic E-state index is 12.4. The number of aliphatic imine (C=N–C) groups is 1. The summed E-state index contributed by atoms with van der Waals surface area (Å²) in [5, 5.41) is 6.26. The van der Waals surface area contributed by atoms with E-state index in [2.05, 4.69) is 15.6 Å². The number of nitrogens with zero attached hydrogens (tertiary/aromatic N) is 1. The van der Waals surface area contributed by atoms with Gasteiger partial charge in [0.25, 0.3) is 0 Å². The zero-order valence-corrected chi connectivity index (χ0v) is 15.0. The molecule has 0 aromatic heterocycles. The van der Waals surface area contributed by atoms with Gasteiger partial charge in [0.1, 0.15) is 5.75 Å². The van der Waals surface area contributed by atoms with Crippen LogP contribution in [0.15, 0.2) is 23.2 Å². The van der Waals surface area contributed by atoms with Gasteiger partial charge in [-0.25, -0.2) is 0 Å². The minimum Gasteiger partial charge on any atom is -0.484 e. The zero-order valence-electron chi connectivity index (χ0n) is 14.2. The van der Waals surface area contributed by atoms with Crippen molar-refractivity contribution in [1.82, 2.24) is 10.6 Å². The van der Waals surface area contributed by atoms with Crippen LogP contribution in [0, 0.1) is 6.92 Å². The molecule has 0 saturated heterocycles. The average molecular weight is 363 g/mol. The Hall–Kier alpha value is -1.57. The van der Waals surface area contributed by atoms with Crippen molar-refractivity contribution in [2.45, 2.75) is 26.1 Å². The molecule has 0 aliphatic rings. The Morgan fingerprint density at radius 2 is 2.04 bits per heavy atom. The molecule has 0 radical (unpaired) electrons. The first kappa shape index (κ1) is 20.5. The van der Waals surface area contributed by atoms with Gasteiger partial charge < -0.3 is 15.4 Å². The van der Waals surface area contributed by atoms with E-state index >= 15 is 0 Å². The van der Waals surface area contributed by atoms with Gasteiger partial charge in [0.05, 0.1) is 0 Å². The summed E-state index contributed by atoms with van der Waals surface area (Å²) in [7, 11) is 1.65. The van der Waals surface area contributed by atoms with Gasteiger partial charge in [0.2, 0.25) is 0 Å². The lowest BCUT2D eigenvalue weighted by atomic mass is 10.1. The Labute approximate surface area is 145 Å². The predicted octanol–water partition coefficient (Wildman–Crippen LogP) is 3.35. The van der Waals surface area contributed by atoms with Crippen molar-refractivity contribution in [2.75, 3.05) is 32.2 Å². The zero-order chi connectivity index (χ0) is 18.0. The smallest absolute Gasteiger partial charge is 0.422 e. The second-order valence-electron chi connectivity index (χ2n) is 5.21. The Balaban J connectivity index is 2.62. The normalized spacial score (nSPS) is 12.2. The van der Waals surface area contributed by atoms with Crippen LogP contribution in [-0.2, 0) is 6.54 Å². The molecule has 1 rings (SSSR count). The lowest BCUT2D eigenvalue weighted by Gasteiger charge is -2.16. The number of thioether (sulfide) groups is 1. The number of alkyl halides is 3. The molecule has 0 atom stereocenters. The topological polar surface area (TPSA) is 45.7 Å². The lowest BCUT2D eigenvalue weighted by molar-refractivity contribution is -0.153. The fourth-order valence-electron chi connectivity index (χ4n) is 1.92.